The molecule has 3 nitrogen and oxygen atoms in total. The molecule has 11 heavy (non-hydrogen) atoms. The summed E-state index contributed by atoms with van der Waals surface area (Å²) in [5.74, 6) is 0. The van der Waals surface area contributed by atoms with E-state index in [4.69, 9.17) is 0 Å². The van der Waals surface area contributed by atoms with Crippen molar-refractivity contribution in [1.82, 2.24) is 14.6 Å². The van der Waals surface area contributed by atoms with E-state index < -0.39 is 0 Å². The number of hydrogen-bond acceptors (Lipinski definition) is 2. The van der Waals surface area contributed by atoms with Gasteiger partial charge in [-0.1, -0.05) is 0 Å². The Morgan fingerprint density at radius 3 is 3.18 bits per heavy atom. The zero-order valence-electron chi connectivity index (χ0n) is 5.95. The molecular weight excluding hydrogens is 206 g/mol. The Morgan fingerprint density at radius 1 is 1.55 bits per heavy atom. The van der Waals surface area contributed by atoms with Gasteiger partial charge in [-0.2, -0.15) is 5.10 Å². The molecule has 0 amide bonds. The minimum atomic E-state index is 0.838. The molecule has 2 aromatic rings. The summed E-state index contributed by atoms with van der Waals surface area (Å²) in [6, 6.07) is 3.80. The van der Waals surface area contributed by atoms with Crippen LogP contribution in [-0.4, -0.2) is 14.6 Å². The third kappa shape index (κ3) is 1.14. The number of rotatable bonds is 0. The Morgan fingerprint density at radius 2 is 2.36 bits per heavy atom. The minimum absolute atomic E-state index is 0.838. The molecule has 0 fully saturated rings. The van der Waals surface area contributed by atoms with Crippen LogP contribution >= 0.6 is 15.9 Å². The Kier molecular flexibility index (Phi) is 1.42. The van der Waals surface area contributed by atoms with Gasteiger partial charge in [0.2, 0.25) is 0 Å². The third-order valence-electron chi connectivity index (χ3n) is 1.41. The molecule has 0 aromatic carbocycles. The van der Waals surface area contributed by atoms with Gasteiger partial charge in [-0.25, -0.2) is 9.50 Å². The first kappa shape index (κ1) is 6.79. The first-order chi connectivity index (χ1) is 5.25. The molecule has 0 N–H and O–H groups in total. The highest BCUT2D eigenvalue weighted by Gasteiger charge is 1.97. The lowest BCUT2D eigenvalue weighted by molar-refractivity contribution is 0.913. The van der Waals surface area contributed by atoms with Crippen LogP contribution in [0.4, 0.5) is 0 Å². The molecule has 0 aliphatic heterocycles. The first-order valence-electron chi connectivity index (χ1n) is 3.24. The van der Waals surface area contributed by atoms with Gasteiger partial charge in [-0.05, 0) is 28.9 Å². The summed E-state index contributed by atoms with van der Waals surface area (Å²) in [6.07, 6.45) is 1.87. The maximum Gasteiger partial charge on any atom is 0.156 e. The lowest BCUT2D eigenvalue weighted by Crippen LogP contribution is -1.88. The normalized spacial score (nSPS) is 10.7. The van der Waals surface area contributed by atoms with Gasteiger partial charge in [0, 0.05) is 12.3 Å². The standard InChI is InChI=1S/C7H6BrN3/c1-5-4-7-9-6(8)2-3-11(7)10-5/h2-4H,1H3. The Hall–Kier alpha value is -0.900. The molecule has 2 rings (SSSR count). The number of halogens is 1. The van der Waals surface area contributed by atoms with Crippen molar-refractivity contribution in [2.45, 2.75) is 6.92 Å². The number of nitrogens with zero attached hydrogens (tertiary/aromatic N) is 3. The van der Waals surface area contributed by atoms with Crippen LogP contribution in [0.5, 0.6) is 0 Å². The number of aromatic nitrogens is 3. The highest BCUT2D eigenvalue weighted by atomic mass is 79.9. The van der Waals surface area contributed by atoms with Gasteiger partial charge < -0.3 is 0 Å². The quantitative estimate of drug-likeness (QED) is 0.623. The molecule has 0 saturated carbocycles. The highest BCUT2D eigenvalue weighted by Crippen LogP contribution is 2.08. The van der Waals surface area contributed by atoms with Crippen LogP contribution in [0.1, 0.15) is 5.69 Å². The lowest BCUT2D eigenvalue weighted by Gasteiger charge is -1.90. The zero-order valence-corrected chi connectivity index (χ0v) is 7.54. The molecular formula is C7H6BrN3. The van der Waals surface area contributed by atoms with Crippen LogP contribution in [0.2, 0.25) is 0 Å². The predicted molar refractivity (Wildman–Crippen MR) is 45.4 cm³/mol. The van der Waals surface area contributed by atoms with E-state index in [1.54, 1.807) is 4.52 Å². The van der Waals surface area contributed by atoms with Crippen molar-refractivity contribution in [3.05, 3.63) is 28.6 Å². The first-order valence-corrected chi connectivity index (χ1v) is 4.03. The fourth-order valence-corrected chi connectivity index (χ4v) is 1.27. The molecule has 2 heterocycles. The largest absolute Gasteiger partial charge is 0.222 e. The second-order valence-corrected chi connectivity index (χ2v) is 3.15. The second-order valence-electron chi connectivity index (χ2n) is 2.34. The van der Waals surface area contributed by atoms with Crippen LogP contribution in [0, 0.1) is 6.92 Å². The molecule has 0 aliphatic carbocycles. The van der Waals surface area contributed by atoms with Crippen molar-refractivity contribution in [3.8, 4) is 0 Å². The average molecular weight is 212 g/mol. The van der Waals surface area contributed by atoms with Crippen molar-refractivity contribution in [3.63, 3.8) is 0 Å². The van der Waals surface area contributed by atoms with Crippen LogP contribution in [0.15, 0.2) is 22.9 Å². The van der Waals surface area contributed by atoms with E-state index in [0.717, 1.165) is 15.9 Å². The van der Waals surface area contributed by atoms with E-state index in [1.807, 2.05) is 25.3 Å². The summed E-state index contributed by atoms with van der Waals surface area (Å²) in [5, 5.41) is 4.19. The summed E-state index contributed by atoms with van der Waals surface area (Å²) in [7, 11) is 0. The monoisotopic (exact) mass is 211 g/mol. The number of hydrogen-bond donors (Lipinski definition) is 0. The van der Waals surface area contributed by atoms with Gasteiger partial charge in [-0.3, -0.25) is 0 Å². The zero-order chi connectivity index (χ0) is 7.84. The minimum Gasteiger partial charge on any atom is -0.222 e. The molecule has 0 unspecified atom stereocenters. The smallest absolute Gasteiger partial charge is 0.156 e. The average Bonchev–Trinajstić information content (AvgIpc) is 2.27. The van der Waals surface area contributed by atoms with Gasteiger partial charge >= 0.3 is 0 Å². The van der Waals surface area contributed by atoms with Gasteiger partial charge in [0.1, 0.15) is 4.60 Å². The fourth-order valence-electron chi connectivity index (χ4n) is 0.975. The summed E-state index contributed by atoms with van der Waals surface area (Å²) < 4.78 is 2.59. The summed E-state index contributed by atoms with van der Waals surface area (Å²) in [5.41, 5.74) is 1.85. The Balaban J connectivity index is 2.82. The summed E-state index contributed by atoms with van der Waals surface area (Å²) in [6.45, 7) is 1.95. The van der Waals surface area contributed by atoms with E-state index in [2.05, 4.69) is 26.0 Å². The highest BCUT2D eigenvalue weighted by molar-refractivity contribution is 9.10. The lowest BCUT2D eigenvalue weighted by atomic mass is 10.5. The van der Waals surface area contributed by atoms with E-state index in [-0.39, 0.29) is 0 Å². The molecule has 0 atom stereocenters. The Bertz CT molecular complexity index is 393. The summed E-state index contributed by atoms with van der Waals surface area (Å²) in [4.78, 5) is 4.21. The number of fused-ring (bicyclic) bond motifs is 1. The van der Waals surface area contributed by atoms with Gasteiger partial charge in [0.25, 0.3) is 0 Å². The van der Waals surface area contributed by atoms with E-state index in [0.29, 0.717) is 0 Å². The van der Waals surface area contributed by atoms with Crippen molar-refractivity contribution < 1.29 is 0 Å². The third-order valence-corrected chi connectivity index (χ3v) is 1.85. The van der Waals surface area contributed by atoms with Crippen LogP contribution < -0.4 is 0 Å². The molecule has 0 saturated heterocycles. The van der Waals surface area contributed by atoms with Crippen LogP contribution in [0.25, 0.3) is 5.65 Å². The van der Waals surface area contributed by atoms with Crippen molar-refractivity contribution >= 4 is 21.6 Å². The van der Waals surface area contributed by atoms with E-state index >= 15 is 0 Å². The molecule has 2 aromatic heterocycles. The maximum atomic E-state index is 4.21. The van der Waals surface area contributed by atoms with Gasteiger partial charge in [-0.15, -0.1) is 0 Å². The molecule has 4 heteroatoms. The van der Waals surface area contributed by atoms with Crippen molar-refractivity contribution in [2.24, 2.45) is 0 Å². The number of aryl methyl sites for hydroxylation is 1. The van der Waals surface area contributed by atoms with Crippen molar-refractivity contribution in [1.29, 1.82) is 0 Å². The van der Waals surface area contributed by atoms with Crippen LogP contribution in [0.3, 0.4) is 0 Å². The topological polar surface area (TPSA) is 30.2 Å². The molecule has 0 bridgehead atoms. The molecule has 0 aliphatic rings. The van der Waals surface area contributed by atoms with Gasteiger partial charge in [0.15, 0.2) is 5.65 Å². The molecule has 56 valence electrons. The van der Waals surface area contributed by atoms with E-state index in [9.17, 15) is 0 Å². The second kappa shape index (κ2) is 2.30. The maximum absolute atomic E-state index is 4.21. The van der Waals surface area contributed by atoms with Crippen LogP contribution in [-0.2, 0) is 0 Å². The molecule has 0 radical (unpaired) electrons. The van der Waals surface area contributed by atoms with E-state index in [1.165, 1.54) is 0 Å². The Labute approximate surface area is 72.2 Å². The SMILES string of the molecule is Cc1cc2nc(Br)ccn2n1. The van der Waals surface area contributed by atoms with Gasteiger partial charge in [0.05, 0.1) is 5.69 Å². The predicted octanol–water partition coefficient (Wildman–Crippen LogP) is 1.80. The molecule has 0 spiro atoms. The summed E-state index contributed by atoms with van der Waals surface area (Å²) >= 11 is 3.29. The fraction of sp³-hybridized carbons (Fsp3) is 0.143. The van der Waals surface area contributed by atoms with Crippen molar-refractivity contribution in [2.75, 3.05) is 0 Å².